The first-order valence-corrected chi connectivity index (χ1v) is 7.05. The maximum Gasteiger partial charge on any atom is 0.326 e. The highest BCUT2D eigenvalue weighted by atomic mass is 16.1. The molecule has 6 nitrogen and oxygen atoms in total. The topological polar surface area (TPSA) is 78.5 Å². The molecule has 3 N–H and O–H groups in total. The summed E-state index contributed by atoms with van der Waals surface area (Å²) >= 11 is 0. The highest BCUT2D eigenvalue weighted by Crippen LogP contribution is 2.18. The molecule has 0 aliphatic carbocycles. The van der Waals surface area contributed by atoms with Gasteiger partial charge in [0.2, 0.25) is 0 Å². The van der Waals surface area contributed by atoms with Gasteiger partial charge in [0.25, 0.3) is 0 Å². The lowest BCUT2D eigenvalue weighted by Gasteiger charge is -2.07. The predicted octanol–water partition coefficient (Wildman–Crippen LogP) is 2.35. The van der Waals surface area contributed by atoms with E-state index in [1.165, 1.54) is 5.56 Å². The number of aromatic nitrogens is 4. The minimum atomic E-state index is -0.0995. The second-order valence-electron chi connectivity index (χ2n) is 5.37. The smallest absolute Gasteiger partial charge is 0.326 e. The molecular weight excluding hydrogens is 278 g/mol. The Morgan fingerprint density at radius 3 is 2.95 bits per heavy atom. The summed E-state index contributed by atoms with van der Waals surface area (Å²) in [5.74, 6) is 0. The molecule has 0 radical (unpaired) electrons. The second-order valence-corrected chi connectivity index (χ2v) is 5.37. The zero-order valence-electron chi connectivity index (χ0n) is 12.1. The maximum absolute atomic E-state index is 11.6. The van der Waals surface area contributed by atoms with Gasteiger partial charge in [0.05, 0.1) is 22.7 Å². The number of aryl methyl sites for hydroxylation is 1. The Morgan fingerprint density at radius 2 is 2.05 bits per heavy atom. The lowest BCUT2D eigenvalue weighted by Crippen LogP contribution is -2.11. The summed E-state index contributed by atoms with van der Waals surface area (Å²) in [6, 6.07) is 12.1. The Hall–Kier alpha value is -3.02. The van der Waals surface area contributed by atoms with Gasteiger partial charge in [-0.3, -0.25) is 9.67 Å². The normalized spacial score (nSPS) is 11.3. The van der Waals surface area contributed by atoms with Gasteiger partial charge in [-0.2, -0.15) is 5.10 Å². The van der Waals surface area contributed by atoms with E-state index >= 15 is 0 Å². The number of anilines is 1. The number of imidazole rings is 1. The number of H-pyrrole nitrogens is 2. The van der Waals surface area contributed by atoms with Crippen molar-refractivity contribution in [2.75, 3.05) is 5.32 Å². The molecule has 0 fully saturated rings. The van der Waals surface area contributed by atoms with Crippen LogP contribution in [0.25, 0.3) is 21.9 Å². The molecule has 110 valence electrons. The number of rotatable bonds is 3. The average Bonchev–Trinajstić information content (AvgIpc) is 3.10. The summed E-state index contributed by atoms with van der Waals surface area (Å²) in [5, 5.41) is 11.5. The molecule has 0 atom stereocenters. The summed E-state index contributed by atoms with van der Waals surface area (Å²) in [5.41, 5.74) is 4.83. The lowest BCUT2D eigenvalue weighted by atomic mass is 10.1. The largest absolute Gasteiger partial charge is 0.381 e. The molecule has 22 heavy (non-hydrogen) atoms. The standard InChI is InChI=1S/C16H15N5O/c1-21-15-7-12(3-5-14(15)19-16(21)22)17-8-10-2-4-13-11(6-10)9-18-20-13/h2-7,9,17H,8H2,1H3,(H,18,20)(H,19,22). The highest BCUT2D eigenvalue weighted by Gasteiger charge is 2.04. The van der Waals surface area contributed by atoms with E-state index in [9.17, 15) is 4.79 Å². The van der Waals surface area contributed by atoms with Gasteiger partial charge in [-0.25, -0.2) is 4.79 Å². The van der Waals surface area contributed by atoms with E-state index in [0.717, 1.165) is 27.6 Å². The summed E-state index contributed by atoms with van der Waals surface area (Å²) in [6.07, 6.45) is 1.82. The molecule has 0 saturated heterocycles. The molecule has 6 heteroatoms. The maximum atomic E-state index is 11.6. The third-order valence-corrected chi connectivity index (χ3v) is 3.91. The summed E-state index contributed by atoms with van der Waals surface area (Å²) in [7, 11) is 1.76. The molecule has 0 saturated carbocycles. The quantitative estimate of drug-likeness (QED) is 0.542. The molecule has 0 unspecified atom stereocenters. The number of hydrogen-bond donors (Lipinski definition) is 3. The van der Waals surface area contributed by atoms with Gasteiger partial charge in [0, 0.05) is 24.7 Å². The highest BCUT2D eigenvalue weighted by molar-refractivity contribution is 5.80. The summed E-state index contributed by atoms with van der Waals surface area (Å²) in [6.45, 7) is 0.713. The van der Waals surface area contributed by atoms with E-state index in [2.05, 4.69) is 32.6 Å². The van der Waals surface area contributed by atoms with E-state index in [-0.39, 0.29) is 5.69 Å². The van der Waals surface area contributed by atoms with Crippen LogP contribution in [0.2, 0.25) is 0 Å². The monoisotopic (exact) mass is 293 g/mol. The first-order chi connectivity index (χ1) is 10.7. The van der Waals surface area contributed by atoms with E-state index < -0.39 is 0 Å². The van der Waals surface area contributed by atoms with Gasteiger partial charge in [-0.05, 0) is 35.9 Å². The fourth-order valence-electron chi connectivity index (χ4n) is 2.64. The van der Waals surface area contributed by atoms with Crippen LogP contribution in [0.5, 0.6) is 0 Å². The molecule has 0 aliphatic rings. The minimum Gasteiger partial charge on any atom is -0.381 e. The van der Waals surface area contributed by atoms with Crippen molar-refractivity contribution in [2.24, 2.45) is 7.05 Å². The second kappa shape index (κ2) is 4.77. The van der Waals surface area contributed by atoms with E-state index in [1.807, 2.05) is 30.5 Å². The van der Waals surface area contributed by atoms with Crippen LogP contribution < -0.4 is 11.0 Å². The van der Waals surface area contributed by atoms with Gasteiger partial charge in [0.1, 0.15) is 0 Å². The third kappa shape index (κ3) is 2.05. The Balaban J connectivity index is 1.60. The van der Waals surface area contributed by atoms with Crippen molar-refractivity contribution in [1.82, 2.24) is 19.7 Å². The molecule has 0 spiro atoms. The van der Waals surface area contributed by atoms with E-state index in [0.29, 0.717) is 6.54 Å². The summed E-state index contributed by atoms with van der Waals surface area (Å²) < 4.78 is 1.61. The van der Waals surface area contributed by atoms with Crippen LogP contribution in [0.4, 0.5) is 5.69 Å². The molecular formula is C16H15N5O. The molecule has 0 aliphatic heterocycles. The number of hydrogen-bond acceptors (Lipinski definition) is 3. The number of aromatic amines is 2. The van der Waals surface area contributed by atoms with Crippen molar-refractivity contribution in [3.63, 3.8) is 0 Å². The molecule has 4 rings (SSSR count). The van der Waals surface area contributed by atoms with Crippen molar-refractivity contribution in [3.8, 4) is 0 Å². The van der Waals surface area contributed by atoms with Crippen molar-refractivity contribution in [1.29, 1.82) is 0 Å². The lowest BCUT2D eigenvalue weighted by molar-refractivity contribution is 0.891. The van der Waals surface area contributed by atoms with Gasteiger partial charge in [0.15, 0.2) is 0 Å². The molecule has 2 aromatic carbocycles. The number of benzene rings is 2. The first kappa shape index (κ1) is 12.7. The number of fused-ring (bicyclic) bond motifs is 2. The van der Waals surface area contributed by atoms with E-state index in [4.69, 9.17) is 0 Å². The van der Waals surface area contributed by atoms with Gasteiger partial charge >= 0.3 is 5.69 Å². The fourth-order valence-corrected chi connectivity index (χ4v) is 2.64. The van der Waals surface area contributed by atoms with Crippen LogP contribution in [-0.4, -0.2) is 19.7 Å². The average molecular weight is 293 g/mol. The van der Waals surface area contributed by atoms with Crippen molar-refractivity contribution in [3.05, 3.63) is 58.6 Å². The van der Waals surface area contributed by atoms with Gasteiger partial charge < -0.3 is 10.3 Å². The third-order valence-electron chi connectivity index (χ3n) is 3.91. The molecule has 4 aromatic rings. The van der Waals surface area contributed by atoms with Crippen LogP contribution in [0.1, 0.15) is 5.56 Å². The van der Waals surface area contributed by atoms with Gasteiger partial charge in [-0.15, -0.1) is 0 Å². The van der Waals surface area contributed by atoms with Crippen LogP contribution in [-0.2, 0) is 13.6 Å². The number of nitrogens with zero attached hydrogens (tertiary/aromatic N) is 2. The van der Waals surface area contributed by atoms with Gasteiger partial charge in [-0.1, -0.05) is 6.07 Å². The minimum absolute atomic E-state index is 0.0995. The number of nitrogens with one attached hydrogen (secondary N) is 3. The van der Waals surface area contributed by atoms with E-state index in [1.54, 1.807) is 11.6 Å². The van der Waals surface area contributed by atoms with Crippen LogP contribution in [0, 0.1) is 0 Å². The Labute approximate surface area is 125 Å². The summed E-state index contributed by atoms with van der Waals surface area (Å²) in [4.78, 5) is 14.4. The van der Waals surface area contributed by atoms with Crippen molar-refractivity contribution >= 4 is 27.6 Å². The van der Waals surface area contributed by atoms with Crippen LogP contribution in [0.3, 0.4) is 0 Å². The Bertz CT molecular complexity index is 1020. The van der Waals surface area contributed by atoms with Crippen LogP contribution >= 0.6 is 0 Å². The van der Waals surface area contributed by atoms with Crippen molar-refractivity contribution < 1.29 is 0 Å². The van der Waals surface area contributed by atoms with Crippen molar-refractivity contribution in [2.45, 2.75) is 6.54 Å². The zero-order chi connectivity index (χ0) is 15.1. The molecule has 2 aromatic heterocycles. The molecule has 0 bridgehead atoms. The predicted molar refractivity (Wildman–Crippen MR) is 87.0 cm³/mol. The Morgan fingerprint density at radius 1 is 1.18 bits per heavy atom. The molecule has 0 amide bonds. The first-order valence-electron chi connectivity index (χ1n) is 7.05. The van der Waals surface area contributed by atoms with Crippen LogP contribution in [0.15, 0.2) is 47.4 Å². The Kier molecular flexibility index (Phi) is 2.75. The molecule has 2 heterocycles. The SMILES string of the molecule is Cn1c(=O)[nH]c2ccc(NCc3ccc4[nH]ncc4c3)cc21. The fraction of sp³-hybridized carbons (Fsp3) is 0.125. The zero-order valence-corrected chi connectivity index (χ0v) is 12.1.